The normalized spacial score (nSPS) is 17.6. The Bertz CT molecular complexity index is 416. The minimum Gasteiger partial charge on any atom is -0.504 e. The summed E-state index contributed by atoms with van der Waals surface area (Å²) < 4.78 is 5.08. The van der Waals surface area contributed by atoms with Gasteiger partial charge >= 0.3 is 0 Å². The van der Waals surface area contributed by atoms with E-state index in [4.69, 9.17) is 16.3 Å². The van der Waals surface area contributed by atoms with Gasteiger partial charge in [0.2, 0.25) is 0 Å². The molecule has 0 aliphatic heterocycles. The number of hydrogen-bond donors (Lipinski definition) is 2. The van der Waals surface area contributed by atoms with Crippen LogP contribution in [0.4, 0.5) is 0 Å². The van der Waals surface area contributed by atoms with E-state index in [1.54, 1.807) is 12.1 Å². The van der Waals surface area contributed by atoms with E-state index in [2.05, 4.69) is 12.2 Å². The number of phenolic OH excluding ortho intramolecular Hbond substituents is 1. The van der Waals surface area contributed by atoms with Crippen molar-refractivity contribution < 1.29 is 9.84 Å². The van der Waals surface area contributed by atoms with E-state index in [0.717, 1.165) is 5.56 Å². The SMILES string of the molecule is COc1cc(Cl)cc(CNC2(C)CCC2)c1O. The number of benzene rings is 1. The average Bonchev–Trinajstić information content (AvgIpc) is 2.27. The van der Waals surface area contributed by atoms with E-state index >= 15 is 0 Å². The molecule has 2 rings (SSSR count). The van der Waals surface area contributed by atoms with Crippen LogP contribution < -0.4 is 10.1 Å². The standard InChI is InChI=1S/C13H18ClNO2/c1-13(4-3-5-13)15-8-9-6-10(14)7-11(17-2)12(9)16/h6-7,15-16H,3-5,8H2,1-2H3. The fourth-order valence-electron chi connectivity index (χ4n) is 2.11. The highest BCUT2D eigenvalue weighted by molar-refractivity contribution is 6.30. The number of methoxy groups -OCH3 is 1. The van der Waals surface area contributed by atoms with E-state index < -0.39 is 0 Å². The number of nitrogens with one attached hydrogen (secondary N) is 1. The Kier molecular flexibility index (Phi) is 3.50. The molecule has 1 aliphatic carbocycles. The maximum Gasteiger partial charge on any atom is 0.162 e. The molecule has 4 heteroatoms. The van der Waals surface area contributed by atoms with Gasteiger partial charge in [-0.15, -0.1) is 0 Å². The van der Waals surface area contributed by atoms with Crippen molar-refractivity contribution in [1.29, 1.82) is 0 Å². The Morgan fingerprint density at radius 2 is 2.18 bits per heavy atom. The van der Waals surface area contributed by atoms with Crippen LogP contribution in [0.15, 0.2) is 12.1 Å². The summed E-state index contributed by atoms with van der Waals surface area (Å²) in [6.45, 7) is 2.81. The molecule has 0 aromatic heterocycles. The molecule has 3 nitrogen and oxygen atoms in total. The molecule has 1 aromatic carbocycles. The van der Waals surface area contributed by atoms with Gasteiger partial charge in [0.15, 0.2) is 11.5 Å². The lowest BCUT2D eigenvalue weighted by atomic mass is 9.78. The number of rotatable bonds is 4. The van der Waals surface area contributed by atoms with Gasteiger partial charge in [0.25, 0.3) is 0 Å². The molecular weight excluding hydrogens is 238 g/mol. The van der Waals surface area contributed by atoms with Crippen molar-refractivity contribution in [3.05, 3.63) is 22.7 Å². The smallest absolute Gasteiger partial charge is 0.162 e. The zero-order valence-corrected chi connectivity index (χ0v) is 11.0. The minimum absolute atomic E-state index is 0.173. The topological polar surface area (TPSA) is 41.5 Å². The lowest BCUT2D eigenvalue weighted by molar-refractivity contribution is 0.206. The number of aromatic hydroxyl groups is 1. The van der Waals surface area contributed by atoms with Gasteiger partial charge in [0.1, 0.15) is 0 Å². The molecule has 0 saturated heterocycles. The maximum absolute atomic E-state index is 9.98. The summed E-state index contributed by atoms with van der Waals surface area (Å²) in [5.41, 5.74) is 0.990. The van der Waals surface area contributed by atoms with Crippen LogP contribution >= 0.6 is 11.6 Å². The fraction of sp³-hybridized carbons (Fsp3) is 0.538. The van der Waals surface area contributed by atoms with Crippen LogP contribution in [0.3, 0.4) is 0 Å². The van der Waals surface area contributed by atoms with Gasteiger partial charge in [0.05, 0.1) is 7.11 Å². The second-order valence-corrected chi connectivity index (χ2v) is 5.32. The highest BCUT2D eigenvalue weighted by Gasteiger charge is 2.31. The Morgan fingerprint density at radius 1 is 1.47 bits per heavy atom. The molecule has 2 N–H and O–H groups in total. The molecule has 1 fully saturated rings. The first kappa shape index (κ1) is 12.5. The first-order chi connectivity index (χ1) is 8.04. The van der Waals surface area contributed by atoms with Gasteiger partial charge in [-0.3, -0.25) is 0 Å². The predicted octanol–water partition coefficient (Wildman–Crippen LogP) is 3.09. The third-order valence-electron chi connectivity index (χ3n) is 3.50. The fourth-order valence-corrected chi connectivity index (χ4v) is 2.34. The van der Waals surface area contributed by atoms with Crippen molar-refractivity contribution in [2.24, 2.45) is 0 Å². The Labute approximate surface area is 107 Å². The van der Waals surface area contributed by atoms with Crippen molar-refractivity contribution >= 4 is 11.6 Å². The van der Waals surface area contributed by atoms with Gasteiger partial charge in [-0.1, -0.05) is 11.6 Å². The second-order valence-electron chi connectivity index (χ2n) is 4.88. The molecule has 0 bridgehead atoms. The zero-order chi connectivity index (χ0) is 12.5. The summed E-state index contributed by atoms with van der Waals surface area (Å²) >= 11 is 5.98. The Morgan fingerprint density at radius 3 is 2.71 bits per heavy atom. The highest BCUT2D eigenvalue weighted by atomic mass is 35.5. The quantitative estimate of drug-likeness (QED) is 0.869. The van der Waals surface area contributed by atoms with Crippen molar-refractivity contribution in [2.45, 2.75) is 38.3 Å². The summed E-state index contributed by atoms with van der Waals surface area (Å²) in [6, 6.07) is 3.39. The van der Waals surface area contributed by atoms with Crippen molar-refractivity contribution in [2.75, 3.05) is 7.11 Å². The molecule has 0 radical (unpaired) electrons. The maximum atomic E-state index is 9.98. The second kappa shape index (κ2) is 4.75. The molecule has 0 unspecified atom stereocenters. The van der Waals surface area contributed by atoms with Gasteiger partial charge in [-0.25, -0.2) is 0 Å². The molecule has 0 spiro atoms. The molecule has 1 saturated carbocycles. The highest BCUT2D eigenvalue weighted by Crippen LogP contribution is 2.35. The molecule has 1 aromatic rings. The van der Waals surface area contributed by atoms with E-state index in [9.17, 15) is 5.11 Å². The van der Waals surface area contributed by atoms with E-state index in [1.807, 2.05) is 0 Å². The van der Waals surface area contributed by atoms with Crippen LogP contribution in [0.1, 0.15) is 31.7 Å². The lowest BCUT2D eigenvalue weighted by Crippen LogP contribution is -2.47. The number of phenols is 1. The molecule has 0 heterocycles. The summed E-state index contributed by atoms with van der Waals surface area (Å²) in [7, 11) is 1.52. The third kappa shape index (κ3) is 2.67. The van der Waals surface area contributed by atoms with Crippen molar-refractivity contribution in [1.82, 2.24) is 5.32 Å². The van der Waals surface area contributed by atoms with Crippen LogP contribution in [0.25, 0.3) is 0 Å². The lowest BCUT2D eigenvalue weighted by Gasteiger charge is -2.39. The van der Waals surface area contributed by atoms with Gasteiger partial charge in [-0.2, -0.15) is 0 Å². The largest absolute Gasteiger partial charge is 0.504 e. The number of halogens is 1. The van der Waals surface area contributed by atoms with Gasteiger partial charge in [0, 0.05) is 28.7 Å². The monoisotopic (exact) mass is 255 g/mol. The molecule has 17 heavy (non-hydrogen) atoms. The van der Waals surface area contributed by atoms with Crippen LogP contribution in [0.5, 0.6) is 11.5 Å². The summed E-state index contributed by atoms with van der Waals surface area (Å²) in [5, 5.41) is 14.0. The summed E-state index contributed by atoms with van der Waals surface area (Å²) in [4.78, 5) is 0. The zero-order valence-electron chi connectivity index (χ0n) is 10.2. The third-order valence-corrected chi connectivity index (χ3v) is 3.72. The van der Waals surface area contributed by atoms with E-state index in [-0.39, 0.29) is 11.3 Å². The number of ether oxygens (including phenoxy) is 1. The van der Waals surface area contributed by atoms with Gasteiger partial charge in [-0.05, 0) is 32.3 Å². The first-order valence-electron chi connectivity index (χ1n) is 5.84. The van der Waals surface area contributed by atoms with Crippen molar-refractivity contribution in [3.63, 3.8) is 0 Å². The van der Waals surface area contributed by atoms with E-state index in [1.165, 1.54) is 26.4 Å². The number of hydrogen-bond acceptors (Lipinski definition) is 3. The molecule has 1 aliphatic rings. The van der Waals surface area contributed by atoms with Gasteiger partial charge < -0.3 is 15.2 Å². The average molecular weight is 256 g/mol. The minimum atomic E-state index is 0.173. The predicted molar refractivity (Wildman–Crippen MR) is 68.8 cm³/mol. The van der Waals surface area contributed by atoms with E-state index in [0.29, 0.717) is 17.3 Å². The molecule has 0 amide bonds. The molecule has 0 atom stereocenters. The summed E-state index contributed by atoms with van der Waals surface area (Å²) in [6.07, 6.45) is 3.64. The molecular formula is C13H18ClNO2. The van der Waals surface area contributed by atoms with Crippen LogP contribution in [0.2, 0.25) is 5.02 Å². The molecule has 94 valence electrons. The van der Waals surface area contributed by atoms with Crippen LogP contribution in [-0.2, 0) is 6.54 Å². The first-order valence-corrected chi connectivity index (χ1v) is 6.22. The Hall–Kier alpha value is -0.930. The van der Waals surface area contributed by atoms with Crippen LogP contribution in [-0.4, -0.2) is 17.8 Å². The summed E-state index contributed by atoms with van der Waals surface area (Å²) in [5.74, 6) is 0.598. The van der Waals surface area contributed by atoms with Crippen LogP contribution in [0, 0.1) is 0 Å². The van der Waals surface area contributed by atoms with Crippen molar-refractivity contribution in [3.8, 4) is 11.5 Å². The Balaban J connectivity index is 2.12.